The number of hydrogen-bond donors (Lipinski definition) is 1. The van der Waals surface area contributed by atoms with E-state index in [2.05, 4.69) is 12.2 Å². The highest BCUT2D eigenvalue weighted by Gasteiger charge is 2.20. The largest absolute Gasteiger partial charge is 0.446 e. The standard InChI is InChI=1S/C15H21NO2/c1-12-7-5-6-10-14(12)16-11-18-15(17)13-8-3-2-4-9-13/h2-4,8-9,12,14,16H,5-7,10-11H2,1H3/t12?,14-/m1/s1. The van der Waals surface area contributed by atoms with Crippen molar-refractivity contribution in [1.29, 1.82) is 0 Å². The van der Waals surface area contributed by atoms with E-state index in [0.29, 0.717) is 24.3 Å². The van der Waals surface area contributed by atoms with Crippen molar-refractivity contribution in [3.8, 4) is 0 Å². The highest BCUT2D eigenvalue weighted by Crippen LogP contribution is 2.23. The molecule has 2 atom stereocenters. The van der Waals surface area contributed by atoms with Gasteiger partial charge in [0.15, 0.2) is 0 Å². The Morgan fingerprint density at radius 2 is 2.00 bits per heavy atom. The molecule has 0 spiro atoms. The Bertz CT molecular complexity index is 377. The van der Waals surface area contributed by atoms with Gasteiger partial charge in [-0.15, -0.1) is 0 Å². The molecule has 0 amide bonds. The number of benzene rings is 1. The molecule has 1 aliphatic rings. The number of nitrogens with one attached hydrogen (secondary N) is 1. The van der Waals surface area contributed by atoms with E-state index in [-0.39, 0.29) is 5.97 Å². The molecule has 2 rings (SSSR count). The molecule has 1 aromatic rings. The Balaban J connectivity index is 1.73. The predicted octanol–water partition coefficient (Wildman–Crippen LogP) is 2.97. The Labute approximate surface area is 109 Å². The van der Waals surface area contributed by atoms with Crippen molar-refractivity contribution < 1.29 is 9.53 Å². The molecule has 0 saturated heterocycles. The van der Waals surface area contributed by atoms with Gasteiger partial charge < -0.3 is 4.74 Å². The second-order valence-electron chi connectivity index (χ2n) is 5.01. The average Bonchev–Trinajstić information content (AvgIpc) is 2.42. The van der Waals surface area contributed by atoms with Crippen LogP contribution in [0.4, 0.5) is 0 Å². The lowest BCUT2D eigenvalue weighted by molar-refractivity contribution is 0.0436. The SMILES string of the molecule is CC1CCCC[C@H]1NCOC(=O)c1ccccc1. The zero-order valence-electron chi connectivity index (χ0n) is 10.9. The molecule has 1 unspecified atom stereocenters. The Kier molecular flexibility index (Phi) is 4.76. The summed E-state index contributed by atoms with van der Waals surface area (Å²) in [4.78, 5) is 11.7. The predicted molar refractivity (Wildman–Crippen MR) is 71.3 cm³/mol. The molecule has 3 heteroatoms. The molecule has 0 aromatic heterocycles. The summed E-state index contributed by atoms with van der Waals surface area (Å²) in [7, 11) is 0. The lowest BCUT2D eigenvalue weighted by Crippen LogP contribution is -2.39. The van der Waals surface area contributed by atoms with Crippen LogP contribution in [0.3, 0.4) is 0 Å². The van der Waals surface area contributed by atoms with E-state index in [1.165, 1.54) is 25.7 Å². The molecule has 1 aromatic carbocycles. The molecule has 1 N–H and O–H groups in total. The first-order valence-electron chi connectivity index (χ1n) is 6.73. The summed E-state index contributed by atoms with van der Waals surface area (Å²) in [5.41, 5.74) is 0.607. The van der Waals surface area contributed by atoms with Crippen LogP contribution in [0.2, 0.25) is 0 Å². The molecule has 0 aliphatic heterocycles. The van der Waals surface area contributed by atoms with Crippen LogP contribution in [0.1, 0.15) is 43.0 Å². The topological polar surface area (TPSA) is 38.3 Å². The van der Waals surface area contributed by atoms with Gasteiger partial charge in [0.25, 0.3) is 0 Å². The fourth-order valence-electron chi connectivity index (χ4n) is 2.49. The minimum absolute atomic E-state index is 0.258. The van der Waals surface area contributed by atoms with Crippen LogP contribution in [-0.2, 0) is 4.74 Å². The van der Waals surface area contributed by atoms with Gasteiger partial charge in [0.2, 0.25) is 0 Å². The minimum atomic E-state index is -0.258. The van der Waals surface area contributed by atoms with Crippen LogP contribution >= 0.6 is 0 Å². The Hall–Kier alpha value is -1.35. The maximum Gasteiger partial charge on any atom is 0.339 e. The van der Waals surface area contributed by atoms with E-state index in [1.807, 2.05) is 18.2 Å². The molecule has 0 bridgehead atoms. The highest BCUT2D eigenvalue weighted by molar-refractivity contribution is 5.89. The lowest BCUT2D eigenvalue weighted by atomic mass is 9.86. The molecule has 1 saturated carbocycles. The van der Waals surface area contributed by atoms with E-state index in [1.54, 1.807) is 12.1 Å². The lowest BCUT2D eigenvalue weighted by Gasteiger charge is -2.29. The van der Waals surface area contributed by atoms with Gasteiger partial charge in [-0.2, -0.15) is 0 Å². The van der Waals surface area contributed by atoms with Crippen molar-refractivity contribution >= 4 is 5.97 Å². The highest BCUT2D eigenvalue weighted by atomic mass is 16.5. The van der Waals surface area contributed by atoms with Crippen molar-refractivity contribution in [3.05, 3.63) is 35.9 Å². The summed E-state index contributed by atoms with van der Waals surface area (Å²) in [5, 5.41) is 3.33. The molecule has 0 heterocycles. The second-order valence-corrected chi connectivity index (χ2v) is 5.01. The number of hydrogen-bond acceptors (Lipinski definition) is 3. The third-order valence-electron chi connectivity index (χ3n) is 3.67. The third kappa shape index (κ3) is 3.57. The normalized spacial score (nSPS) is 23.6. The number of carbonyl (C=O) groups is 1. The van der Waals surface area contributed by atoms with Crippen molar-refractivity contribution in [2.75, 3.05) is 6.73 Å². The van der Waals surface area contributed by atoms with Crippen molar-refractivity contribution in [2.24, 2.45) is 5.92 Å². The number of esters is 1. The van der Waals surface area contributed by atoms with Gasteiger partial charge in [-0.1, -0.05) is 38.0 Å². The van der Waals surface area contributed by atoms with E-state index < -0.39 is 0 Å². The van der Waals surface area contributed by atoms with Gasteiger partial charge in [-0.25, -0.2) is 4.79 Å². The van der Waals surface area contributed by atoms with Crippen LogP contribution in [0.15, 0.2) is 30.3 Å². The van der Waals surface area contributed by atoms with Gasteiger partial charge in [0.05, 0.1) is 5.56 Å². The van der Waals surface area contributed by atoms with Crippen molar-refractivity contribution in [1.82, 2.24) is 5.32 Å². The van der Waals surface area contributed by atoms with Crippen LogP contribution in [0.25, 0.3) is 0 Å². The molecule has 98 valence electrons. The van der Waals surface area contributed by atoms with Crippen molar-refractivity contribution in [3.63, 3.8) is 0 Å². The summed E-state index contributed by atoms with van der Waals surface area (Å²) < 4.78 is 5.23. The summed E-state index contributed by atoms with van der Waals surface area (Å²) >= 11 is 0. The quantitative estimate of drug-likeness (QED) is 0.656. The maximum atomic E-state index is 11.7. The first-order chi connectivity index (χ1) is 8.77. The number of rotatable bonds is 4. The van der Waals surface area contributed by atoms with E-state index in [4.69, 9.17) is 4.74 Å². The number of ether oxygens (including phenoxy) is 1. The van der Waals surface area contributed by atoms with Crippen LogP contribution in [0.5, 0.6) is 0 Å². The Morgan fingerprint density at radius 3 is 2.72 bits per heavy atom. The van der Waals surface area contributed by atoms with Crippen LogP contribution < -0.4 is 5.32 Å². The van der Waals surface area contributed by atoms with Gasteiger partial charge in [-0.3, -0.25) is 5.32 Å². The van der Waals surface area contributed by atoms with E-state index in [0.717, 1.165) is 0 Å². The fourth-order valence-corrected chi connectivity index (χ4v) is 2.49. The molecular weight excluding hydrogens is 226 g/mol. The van der Waals surface area contributed by atoms with Crippen LogP contribution in [-0.4, -0.2) is 18.7 Å². The van der Waals surface area contributed by atoms with E-state index in [9.17, 15) is 4.79 Å². The average molecular weight is 247 g/mol. The first kappa shape index (κ1) is 13.1. The molecule has 1 fully saturated rings. The van der Waals surface area contributed by atoms with Crippen LogP contribution in [0, 0.1) is 5.92 Å². The second kappa shape index (κ2) is 6.55. The summed E-state index contributed by atoms with van der Waals surface area (Å²) in [6.45, 7) is 2.57. The molecule has 1 aliphatic carbocycles. The van der Waals surface area contributed by atoms with Gasteiger partial charge in [0, 0.05) is 6.04 Å². The summed E-state index contributed by atoms with van der Waals surface area (Å²) in [6.07, 6.45) is 5.05. The van der Waals surface area contributed by atoms with Gasteiger partial charge >= 0.3 is 5.97 Å². The smallest absolute Gasteiger partial charge is 0.339 e. The summed E-state index contributed by atoms with van der Waals surface area (Å²) in [5.74, 6) is 0.417. The maximum absolute atomic E-state index is 11.7. The van der Waals surface area contributed by atoms with E-state index >= 15 is 0 Å². The third-order valence-corrected chi connectivity index (χ3v) is 3.67. The number of carbonyl (C=O) groups excluding carboxylic acids is 1. The molecule has 18 heavy (non-hydrogen) atoms. The molecule has 0 radical (unpaired) electrons. The molecule has 3 nitrogen and oxygen atoms in total. The minimum Gasteiger partial charge on any atom is -0.446 e. The van der Waals surface area contributed by atoms with Gasteiger partial charge in [0.1, 0.15) is 6.73 Å². The zero-order valence-corrected chi connectivity index (χ0v) is 10.9. The first-order valence-corrected chi connectivity index (χ1v) is 6.73. The summed E-state index contributed by atoms with van der Waals surface area (Å²) in [6, 6.07) is 9.60. The van der Waals surface area contributed by atoms with Crippen molar-refractivity contribution in [2.45, 2.75) is 38.6 Å². The molecular formula is C15H21NO2. The fraction of sp³-hybridized carbons (Fsp3) is 0.533. The Morgan fingerprint density at radius 1 is 1.28 bits per heavy atom. The zero-order chi connectivity index (χ0) is 12.8. The van der Waals surface area contributed by atoms with Gasteiger partial charge in [-0.05, 0) is 30.9 Å². The monoisotopic (exact) mass is 247 g/mol.